The summed E-state index contributed by atoms with van der Waals surface area (Å²) in [7, 11) is 0. The number of fused-ring (bicyclic) bond motifs is 3. The van der Waals surface area contributed by atoms with E-state index in [2.05, 4.69) is 70.2 Å². The van der Waals surface area contributed by atoms with Crippen LogP contribution in [0.25, 0.3) is 11.1 Å². The minimum atomic E-state index is -0.687. The molecular weight excluding hydrogens is 450 g/mol. The van der Waals surface area contributed by atoms with Gasteiger partial charge in [0.25, 0.3) is 0 Å². The Morgan fingerprint density at radius 2 is 1.41 bits per heavy atom. The van der Waals surface area contributed by atoms with Crippen molar-refractivity contribution in [2.45, 2.75) is 50.6 Å². The summed E-state index contributed by atoms with van der Waals surface area (Å²) in [5, 5.41) is 0. The molecule has 27 heavy (non-hydrogen) atoms. The SMILES string of the molecule is CCC1=C(CC)C[C]([Zr+2][CH]2c3cc(C)ccc3-c3ccc(C)cc32)=C1.[Cl-].[Cl-]. The molecule has 2 aromatic rings. The average Bonchev–Trinajstić information content (AvgIpc) is 3.14. The summed E-state index contributed by atoms with van der Waals surface area (Å²) in [5.74, 6) is 0. The van der Waals surface area contributed by atoms with Gasteiger partial charge in [0.1, 0.15) is 0 Å². The second-order valence-electron chi connectivity index (χ2n) is 7.44. The van der Waals surface area contributed by atoms with Crippen LogP contribution in [0.2, 0.25) is 0 Å². The maximum absolute atomic E-state index is 2.58. The summed E-state index contributed by atoms with van der Waals surface area (Å²) in [5.41, 5.74) is 12.3. The van der Waals surface area contributed by atoms with Crippen LogP contribution in [0.3, 0.4) is 0 Å². The number of aryl methyl sites for hydroxylation is 2. The molecule has 0 unspecified atom stereocenters. The van der Waals surface area contributed by atoms with Gasteiger partial charge in [-0.2, -0.15) is 0 Å². The van der Waals surface area contributed by atoms with Crippen molar-refractivity contribution >= 4 is 0 Å². The van der Waals surface area contributed by atoms with E-state index in [1.54, 1.807) is 25.6 Å². The predicted octanol–water partition coefficient (Wildman–Crippen LogP) is 0.868. The molecule has 2 aromatic carbocycles. The van der Waals surface area contributed by atoms with Crippen molar-refractivity contribution < 1.29 is 48.0 Å². The molecule has 0 saturated heterocycles. The van der Waals surface area contributed by atoms with Gasteiger partial charge in [0.2, 0.25) is 0 Å². The number of rotatable bonds is 4. The van der Waals surface area contributed by atoms with Crippen molar-refractivity contribution in [3.05, 3.63) is 79.2 Å². The van der Waals surface area contributed by atoms with Gasteiger partial charge in [-0.1, -0.05) is 0 Å². The van der Waals surface area contributed by atoms with Crippen molar-refractivity contribution in [1.82, 2.24) is 0 Å². The zero-order valence-electron chi connectivity index (χ0n) is 16.5. The molecule has 0 aliphatic heterocycles. The molecule has 0 spiro atoms. The first kappa shape index (κ1) is 22.7. The van der Waals surface area contributed by atoms with E-state index in [0.717, 1.165) is 0 Å². The summed E-state index contributed by atoms with van der Waals surface area (Å²) in [6.07, 6.45) is 6.26. The molecule has 140 valence electrons. The monoisotopic (exact) mass is 474 g/mol. The molecule has 0 bridgehead atoms. The fourth-order valence-corrected chi connectivity index (χ4v) is 8.60. The molecule has 0 N–H and O–H groups in total. The van der Waals surface area contributed by atoms with Gasteiger partial charge in [0, 0.05) is 0 Å². The average molecular weight is 477 g/mol. The van der Waals surface area contributed by atoms with Crippen molar-refractivity contribution in [2.75, 3.05) is 0 Å². The minimum absolute atomic E-state index is 0. The Morgan fingerprint density at radius 3 is 1.85 bits per heavy atom. The molecule has 0 saturated carbocycles. The first-order valence-electron chi connectivity index (χ1n) is 9.50. The molecule has 0 fully saturated rings. The summed E-state index contributed by atoms with van der Waals surface area (Å²) >= 11 is -0.687. The summed E-state index contributed by atoms with van der Waals surface area (Å²) < 4.78 is 2.48. The van der Waals surface area contributed by atoms with Crippen LogP contribution < -0.4 is 24.8 Å². The van der Waals surface area contributed by atoms with Crippen LogP contribution >= 0.6 is 0 Å². The zero-order valence-corrected chi connectivity index (χ0v) is 20.5. The molecule has 2 aliphatic rings. The molecule has 0 atom stereocenters. The quantitative estimate of drug-likeness (QED) is 0.615. The van der Waals surface area contributed by atoms with E-state index < -0.39 is 23.2 Å². The van der Waals surface area contributed by atoms with E-state index in [1.807, 2.05) is 0 Å². The third-order valence-electron chi connectivity index (χ3n) is 5.67. The maximum Gasteiger partial charge on any atom is -1.00 e. The summed E-state index contributed by atoms with van der Waals surface area (Å²) in [6, 6.07) is 14.2. The number of benzene rings is 2. The standard InChI is InChI=1S/C15H13.C9H13.2ClH.Zr/c1-10-3-5-14-12(7-10)9-13-8-11(2)4-6-15(13)14;1-3-8-6-5-7-9(8)4-2;;;/h3-9H,1-2H3;6H,3-4,7H2,1-2H3;2*1H;/q;;;;+2/p-2. The Bertz CT molecular complexity index is 857. The molecule has 0 nitrogen and oxygen atoms in total. The van der Waals surface area contributed by atoms with Crippen LogP contribution in [-0.4, -0.2) is 0 Å². The molecule has 0 amide bonds. The first-order chi connectivity index (χ1) is 12.1. The number of hydrogen-bond acceptors (Lipinski definition) is 0. The predicted molar refractivity (Wildman–Crippen MR) is 104 cm³/mol. The van der Waals surface area contributed by atoms with E-state index in [1.165, 1.54) is 41.5 Å². The fourth-order valence-electron chi connectivity index (χ4n) is 4.34. The number of hydrogen-bond donors (Lipinski definition) is 0. The van der Waals surface area contributed by atoms with Crippen LogP contribution in [0.5, 0.6) is 0 Å². The molecule has 4 rings (SSSR count). The van der Waals surface area contributed by atoms with Gasteiger partial charge in [0.15, 0.2) is 0 Å². The van der Waals surface area contributed by atoms with Crippen LogP contribution in [-0.2, 0) is 23.2 Å². The van der Waals surface area contributed by atoms with Gasteiger partial charge in [-0.3, -0.25) is 0 Å². The van der Waals surface area contributed by atoms with Crippen LogP contribution in [0.4, 0.5) is 0 Å². The van der Waals surface area contributed by atoms with Gasteiger partial charge in [-0.05, 0) is 0 Å². The van der Waals surface area contributed by atoms with Crippen LogP contribution in [0.1, 0.15) is 59.0 Å². The second kappa shape index (κ2) is 9.25. The number of halogens is 2. The maximum atomic E-state index is 2.58. The molecule has 0 aromatic heterocycles. The van der Waals surface area contributed by atoms with Crippen LogP contribution in [0.15, 0.2) is 56.9 Å². The van der Waals surface area contributed by atoms with Gasteiger partial charge >= 0.3 is 164 Å². The molecular formula is C24H26Cl2Zr. The normalized spacial score (nSPS) is 14.7. The Morgan fingerprint density at radius 1 is 0.852 bits per heavy atom. The molecule has 2 aliphatic carbocycles. The molecule has 0 radical (unpaired) electrons. The van der Waals surface area contributed by atoms with Crippen molar-refractivity contribution in [2.24, 2.45) is 0 Å². The van der Waals surface area contributed by atoms with Crippen molar-refractivity contribution in [3.63, 3.8) is 0 Å². The van der Waals surface area contributed by atoms with E-state index in [0.29, 0.717) is 3.63 Å². The Kier molecular flexibility index (Phi) is 7.77. The topological polar surface area (TPSA) is 0 Å². The van der Waals surface area contributed by atoms with Crippen molar-refractivity contribution in [3.8, 4) is 11.1 Å². The zero-order chi connectivity index (χ0) is 17.6. The smallest absolute Gasteiger partial charge is 1.00 e. The Hall–Kier alpha value is -0.617. The van der Waals surface area contributed by atoms with E-state index >= 15 is 0 Å². The second-order valence-corrected chi connectivity index (χ2v) is 11.1. The van der Waals surface area contributed by atoms with Gasteiger partial charge in [0.05, 0.1) is 0 Å². The van der Waals surface area contributed by atoms with Gasteiger partial charge in [-0.25, -0.2) is 0 Å². The number of allylic oxidation sites excluding steroid dienone is 4. The van der Waals surface area contributed by atoms with E-state index in [4.69, 9.17) is 0 Å². The van der Waals surface area contributed by atoms with Gasteiger partial charge < -0.3 is 24.8 Å². The van der Waals surface area contributed by atoms with Crippen LogP contribution in [0, 0.1) is 13.8 Å². The van der Waals surface area contributed by atoms with Crippen molar-refractivity contribution in [1.29, 1.82) is 0 Å². The summed E-state index contributed by atoms with van der Waals surface area (Å²) in [4.78, 5) is 0. The van der Waals surface area contributed by atoms with Gasteiger partial charge in [-0.15, -0.1) is 0 Å². The third kappa shape index (κ3) is 4.21. The molecule has 0 heterocycles. The minimum Gasteiger partial charge on any atom is -1.00 e. The van der Waals surface area contributed by atoms with E-state index in [-0.39, 0.29) is 24.8 Å². The molecule has 3 heteroatoms. The fraction of sp³-hybridized carbons (Fsp3) is 0.333. The first-order valence-corrected chi connectivity index (χ1v) is 12.1. The Balaban J connectivity index is 0.00000131. The van der Waals surface area contributed by atoms with E-state index in [9.17, 15) is 0 Å². The Labute approximate surface area is 187 Å². The largest absolute Gasteiger partial charge is 1.00 e. The third-order valence-corrected chi connectivity index (χ3v) is 9.61. The summed E-state index contributed by atoms with van der Waals surface area (Å²) in [6.45, 7) is 9.09.